The van der Waals surface area contributed by atoms with Gasteiger partial charge in [-0.25, -0.2) is 0 Å². The van der Waals surface area contributed by atoms with Crippen LogP contribution < -0.4 is 0 Å². The molecule has 94 valence electrons. The van der Waals surface area contributed by atoms with Crippen molar-refractivity contribution in [1.29, 1.82) is 0 Å². The third-order valence-corrected chi connectivity index (χ3v) is 7.36. The van der Waals surface area contributed by atoms with Crippen molar-refractivity contribution < 1.29 is 4.43 Å². The van der Waals surface area contributed by atoms with Crippen LogP contribution in [0.25, 0.3) is 0 Å². The second kappa shape index (κ2) is 5.57. The molecule has 0 radical (unpaired) electrons. The highest BCUT2D eigenvalue weighted by Crippen LogP contribution is 2.37. The Morgan fingerprint density at radius 2 is 1.69 bits per heavy atom. The summed E-state index contributed by atoms with van der Waals surface area (Å²) in [6.45, 7) is 13.3. The minimum atomic E-state index is -1.70. The van der Waals surface area contributed by atoms with E-state index in [-0.39, 0.29) is 5.04 Å². The average Bonchev–Trinajstić information content (AvgIpc) is 2.09. The van der Waals surface area contributed by atoms with E-state index in [9.17, 15) is 0 Å². The van der Waals surface area contributed by atoms with E-state index in [1.54, 1.807) is 0 Å². The topological polar surface area (TPSA) is 12.5 Å². The lowest BCUT2D eigenvalue weighted by Gasteiger charge is -2.36. The molecule has 0 aromatic carbocycles. The fourth-order valence-corrected chi connectivity index (χ4v) is 1.94. The van der Waals surface area contributed by atoms with Crippen molar-refractivity contribution in [1.82, 2.24) is 4.90 Å². The highest BCUT2D eigenvalue weighted by atomic mass is 28.4. The number of hydrogen-bond donors (Lipinski definition) is 0. The molecule has 0 aliphatic rings. The maximum atomic E-state index is 6.19. The second-order valence-electron chi connectivity index (χ2n) is 5.83. The lowest BCUT2D eigenvalue weighted by molar-refractivity contribution is 0.397. The molecular formula is C13H27NOSi. The molecule has 0 aromatic rings. The quantitative estimate of drug-likeness (QED) is 0.419. The number of hydrogen-bond acceptors (Lipinski definition) is 2. The summed E-state index contributed by atoms with van der Waals surface area (Å²) < 4.78 is 6.19. The predicted octanol–water partition coefficient (Wildman–Crippen LogP) is 3.99. The smallest absolute Gasteiger partial charge is 0.250 e. The van der Waals surface area contributed by atoms with Crippen LogP contribution in [-0.2, 0) is 4.43 Å². The van der Waals surface area contributed by atoms with Gasteiger partial charge in [0.1, 0.15) is 0 Å². The van der Waals surface area contributed by atoms with Crippen molar-refractivity contribution >= 4 is 8.32 Å². The van der Waals surface area contributed by atoms with E-state index in [0.29, 0.717) is 0 Å². The average molecular weight is 241 g/mol. The molecule has 2 nitrogen and oxygen atoms in total. The molecule has 0 fully saturated rings. The molecule has 0 saturated carbocycles. The SMILES string of the molecule is C/C=C(\C=C\N(C)C)O[Si](C)(C)C(C)(C)C. The first-order valence-corrected chi connectivity index (χ1v) is 8.71. The van der Waals surface area contributed by atoms with Gasteiger partial charge in [-0.1, -0.05) is 20.8 Å². The number of nitrogens with zero attached hydrogens (tertiary/aromatic N) is 1. The van der Waals surface area contributed by atoms with Crippen molar-refractivity contribution in [2.24, 2.45) is 0 Å². The first-order valence-electron chi connectivity index (χ1n) is 5.80. The molecule has 0 aliphatic carbocycles. The largest absolute Gasteiger partial charge is 0.544 e. The van der Waals surface area contributed by atoms with Gasteiger partial charge >= 0.3 is 0 Å². The highest BCUT2D eigenvalue weighted by Gasteiger charge is 2.38. The van der Waals surface area contributed by atoms with Gasteiger partial charge in [-0.3, -0.25) is 0 Å². The number of rotatable bonds is 4. The molecule has 0 heterocycles. The van der Waals surface area contributed by atoms with E-state index in [1.165, 1.54) is 0 Å². The van der Waals surface area contributed by atoms with Crippen LogP contribution in [0, 0.1) is 0 Å². The van der Waals surface area contributed by atoms with Crippen LogP contribution in [0.2, 0.25) is 18.1 Å². The second-order valence-corrected chi connectivity index (χ2v) is 10.6. The Kier molecular flexibility index (Phi) is 5.33. The van der Waals surface area contributed by atoms with Crippen LogP contribution in [-0.4, -0.2) is 27.3 Å². The molecule has 0 bridgehead atoms. The van der Waals surface area contributed by atoms with Crippen molar-refractivity contribution in [3.8, 4) is 0 Å². The Bertz CT molecular complexity index is 272. The normalized spacial score (nSPS) is 14.4. The van der Waals surface area contributed by atoms with Gasteiger partial charge in [0.2, 0.25) is 8.32 Å². The van der Waals surface area contributed by atoms with E-state index in [1.807, 2.05) is 44.3 Å². The molecule has 0 N–H and O–H groups in total. The maximum Gasteiger partial charge on any atom is 0.250 e. The summed E-state index contributed by atoms with van der Waals surface area (Å²) in [6, 6.07) is 0. The third-order valence-electron chi connectivity index (χ3n) is 3.00. The minimum absolute atomic E-state index is 0.243. The van der Waals surface area contributed by atoms with Gasteiger partial charge in [0, 0.05) is 20.3 Å². The summed E-state index contributed by atoms with van der Waals surface area (Å²) in [5, 5.41) is 0.243. The zero-order valence-corrected chi connectivity index (χ0v) is 13.1. The zero-order chi connectivity index (χ0) is 13.0. The van der Waals surface area contributed by atoms with Crippen molar-refractivity contribution in [3.05, 3.63) is 24.1 Å². The summed E-state index contributed by atoms with van der Waals surface area (Å²) in [7, 11) is 2.32. The van der Waals surface area contributed by atoms with Crippen molar-refractivity contribution in [3.63, 3.8) is 0 Å². The van der Waals surface area contributed by atoms with E-state index in [0.717, 1.165) is 5.76 Å². The molecule has 0 aromatic heterocycles. The van der Waals surface area contributed by atoms with Crippen LogP contribution >= 0.6 is 0 Å². The van der Waals surface area contributed by atoms with Gasteiger partial charge < -0.3 is 9.33 Å². The van der Waals surface area contributed by atoms with E-state index >= 15 is 0 Å². The summed E-state index contributed by atoms with van der Waals surface area (Å²) in [5.41, 5.74) is 0. The molecule has 0 amide bonds. The van der Waals surface area contributed by atoms with E-state index in [4.69, 9.17) is 4.43 Å². The summed E-state index contributed by atoms with van der Waals surface area (Å²) in [6.07, 6.45) is 6.07. The summed E-state index contributed by atoms with van der Waals surface area (Å²) >= 11 is 0. The molecule has 0 rings (SSSR count). The van der Waals surface area contributed by atoms with Gasteiger partial charge in [-0.15, -0.1) is 0 Å². The third kappa shape index (κ3) is 4.88. The first-order chi connectivity index (χ1) is 7.10. The molecule has 0 aliphatic heterocycles. The van der Waals surface area contributed by atoms with Crippen LogP contribution in [0.5, 0.6) is 0 Å². The summed E-state index contributed by atoms with van der Waals surface area (Å²) in [4.78, 5) is 2.01. The fraction of sp³-hybridized carbons (Fsp3) is 0.692. The highest BCUT2D eigenvalue weighted by molar-refractivity contribution is 6.74. The minimum Gasteiger partial charge on any atom is -0.544 e. The van der Waals surface area contributed by atoms with Gasteiger partial charge in [-0.2, -0.15) is 0 Å². The van der Waals surface area contributed by atoms with Gasteiger partial charge in [0.05, 0.1) is 5.76 Å². The summed E-state index contributed by atoms with van der Waals surface area (Å²) in [5.74, 6) is 0.972. The Labute approximate surface area is 102 Å². The van der Waals surface area contributed by atoms with E-state index in [2.05, 4.69) is 33.9 Å². The van der Waals surface area contributed by atoms with Crippen LogP contribution in [0.4, 0.5) is 0 Å². The van der Waals surface area contributed by atoms with Crippen molar-refractivity contribution in [2.75, 3.05) is 14.1 Å². The van der Waals surface area contributed by atoms with E-state index < -0.39 is 8.32 Å². The molecule has 0 spiro atoms. The zero-order valence-electron chi connectivity index (χ0n) is 12.1. The van der Waals surface area contributed by atoms with Crippen LogP contribution in [0.1, 0.15) is 27.7 Å². The van der Waals surface area contributed by atoms with Crippen LogP contribution in [0.3, 0.4) is 0 Å². The molecule has 16 heavy (non-hydrogen) atoms. The molecule has 0 atom stereocenters. The van der Waals surface area contributed by atoms with Crippen LogP contribution in [0.15, 0.2) is 24.1 Å². The lowest BCUT2D eigenvalue weighted by Crippen LogP contribution is -2.40. The van der Waals surface area contributed by atoms with Gasteiger partial charge in [0.15, 0.2) is 0 Å². The Hall–Kier alpha value is -0.703. The Balaban J connectivity index is 4.70. The molecule has 0 unspecified atom stereocenters. The molecule has 3 heteroatoms. The monoisotopic (exact) mass is 241 g/mol. The molecular weight excluding hydrogens is 214 g/mol. The Morgan fingerprint density at radius 3 is 2.00 bits per heavy atom. The fourth-order valence-electron chi connectivity index (χ4n) is 0.859. The standard InChI is InChI=1S/C13H27NOSi/c1-9-12(10-11-14(5)6)15-16(7,8)13(2,3)4/h9-11H,1-8H3/b11-10+,12-9+. The maximum absolute atomic E-state index is 6.19. The van der Waals surface area contributed by atoms with Crippen molar-refractivity contribution in [2.45, 2.75) is 45.8 Å². The van der Waals surface area contributed by atoms with Gasteiger partial charge in [-0.05, 0) is 37.2 Å². The first kappa shape index (κ1) is 15.3. The number of allylic oxidation sites excluding steroid dienone is 2. The van der Waals surface area contributed by atoms with Gasteiger partial charge in [0.25, 0.3) is 0 Å². The molecule has 0 saturated heterocycles. The lowest BCUT2D eigenvalue weighted by atomic mass is 10.2. The Morgan fingerprint density at radius 1 is 1.19 bits per heavy atom. The predicted molar refractivity (Wildman–Crippen MR) is 74.9 cm³/mol.